The van der Waals surface area contributed by atoms with Gasteiger partial charge in [0.15, 0.2) is 0 Å². The smallest absolute Gasteiger partial charge is 0.0951 e. The van der Waals surface area contributed by atoms with Crippen LogP contribution in [0.1, 0.15) is 12.8 Å². The van der Waals surface area contributed by atoms with E-state index in [1.165, 1.54) is 24.1 Å². The van der Waals surface area contributed by atoms with E-state index >= 15 is 0 Å². The molecular weight excluding hydrogens is 218 g/mol. The van der Waals surface area contributed by atoms with E-state index in [-0.39, 0.29) is 6.04 Å². The lowest BCUT2D eigenvalue weighted by molar-refractivity contribution is 0.505. The molecule has 1 unspecified atom stereocenters. The van der Waals surface area contributed by atoms with E-state index in [4.69, 9.17) is 5.73 Å². The van der Waals surface area contributed by atoms with E-state index in [2.05, 4.69) is 26.4 Å². The summed E-state index contributed by atoms with van der Waals surface area (Å²) in [6.07, 6.45) is 6.39. The predicted molar refractivity (Wildman–Crippen MR) is 66.2 cm³/mol. The van der Waals surface area contributed by atoms with Crippen LogP contribution in [-0.4, -0.2) is 15.6 Å². The fourth-order valence-corrected chi connectivity index (χ4v) is 2.67. The van der Waals surface area contributed by atoms with Gasteiger partial charge in [0.05, 0.1) is 18.2 Å². The second-order valence-corrected chi connectivity index (χ2v) is 5.22. The highest BCUT2D eigenvalue weighted by Crippen LogP contribution is 2.32. The molecule has 2 aromatic rings. The van der Waals surface area contributed by atoms with E-state index < -0.39 is 0 Å². The van der Waals surface area contributed by atoms with Gasteiger partial charge in [0.1, 0.15) is 0 Å². The first-order valence-electron chi connectivity index (χ1n) is 5.63. The molecule has 1 aliphatic rings. The van der Waals surface area contributed by atoms with E-state index in [1.54, 1.807) is 11.3 Å². The van der Waals surface area contributed by atoms with Crippen molar-refractivity contribution in [3.8, 4) is 11.3 Å². The lowest BCUT2D eigenvalue weighted by atomic mass is 10.2. The summed E-state index contributed by atoms with van der Waals surface area (Å²) in [4.78, 5) is 4.22. The fraction of sp³-hybridized carbons (Fsp3) is 0.417. The number of nitrogens with two attached hydrogens (primary N) is 1. The second kappa shape index (κ2) is 4.03. The summed E-state index contributed by atoms with van der Waals surface area (Å²) in [6.45, 7) is 0.885. The predicted octanol–water partition coefficient (Wildman–Crippen LogP) is 2.35. The minimum absolute atomic E-state index is 0.284. The molecule has 2 aromatic heterocycles. The lowest BCUT2D eigenvalue weighted by Crippen LogP contribution is -2.28. The minimum Gasteiger partial charge on any atom is -0.329 e. The molecule has 0 saturated heterocycles. The summed E-state index contributed by atoms with van der Waals surface area (Å²) in [5.41, 5.74) is 8.57. The molecule has 1 fully saturated rings. The number of nitrogens with zero attached hydrogens (tertiary/aromatic N) is 2. The Bertz CT molecular complexity index is 456. The molecular formula is C12H15N3S. The zero-order chi connectivity index (χ0) is 11.0. The van der Waals surface area contributed by atoms with Gasteiger partial charge in [-0.1, -0.05) is 0 Å². The second-order valence-electron chi connectivity index (χ2n) is 4.44. The van der Waals surface area contributed by atoms with Crippen LogP contribution < -0.4 is 5.73 Å². The molecule has 84 valence electrons. The highest BCUT2D eigenvalue weighted by molar-refractivity contribution is 7.08. The quantitative estimate of drug-likeness (QED) is 0.881. The molecule has 4 heteroatoms. The maximum Gasteiger partial charge on any atom is 0.0951 e. The largest absolute Gasteiger partial charge is 0.329 e. The summed E-state index contributed by atoms with van der Waals surface area (Å²) < 4.78 is 2.17. The van der Waals surface area contributed by atoms with E-state index in [0.717, 1.165) is 12.5 Å². The van der Waals surface area contributed by atoms with Gasteiger partial charge < -0.3 is 10.3 Å². The molecule has 16 heavy (non-hydrogen) atoms. The van der Waals surface area contributed by atoms with E-state index in [0.29, 0.717) is 0 Å². The van der Waals surface area contributed by atoms with Crippen LogP contribution in [0.15, 0.2) is 29.4 Å². The zero-order valence-corrected chi connectivity index (χ0v) is 9.86. The van der Waals surface area contributed by atoms with E-state index in [9.17, 15) is 0 Å². The Labute approximate surface area is 98.9 Å². The monoisotopic (exact) mass is 233 g/mol. The van der Waals surface area contributed by atoms with Crippen LogP contribution in [0.4, 0.5) is 0 Å². The van der Waals surface area contributed by atoms with Crippen molar-refractivity contribution in [2.24, 2.45) is 11.7 Å². The lowest BCUT2D eigenvalue weighted by Gasteiger charge is -2.13. The zero-order valence-electron chi connectivity index (χ0n) is 9.04. The van der Waals surface area contributed by atoms with Crippen LogP contribution in [0.2, 0.25) is 0 Å². The van der Waals surface area contributed by atoms with Gasteiger partial charge in [0.2, 0.25) is 0 Å². The van der Waals surface area contributed by atoms with Crippen LogP contribution in [0.3, 0.4) is 0 Å². The SMILES string of the molecule is NC(Cn1cncc1-c1ccsc1)C1CC1. The number of imidazole rings is 1. The summed E-state index contributed by atoms with van der Waals surface area (Å²) in [5, 5.41) is 4.24. The first-order valence-corrected chi connectivity index (χ1v) is 6.57. The highest BCUT2D eigenvalue weighted by Gasteiger charge is 2.28. The number of hydrogen-bond acceptors (Lipinski definition) is 3. The van der Waals surface area contributed by atoms with Gasteiger partial charge in [0.25, 0.3) is 0 Å². The van der Waals surface area contributed by atoms with E-state index in [1.807, 2.05) is 12.5 Å². The van der Waals surface area contributed by atoms with Gasteiger partial charge in [-0.2, -0.15) is 11.3 Å². The Hall–Kier alpha value is -1.13. The fourth-order valence-electron chi connectivity index (χ4n) is 2.02. The summed E-state index contributed by atoms with van der Waals surface area (Å²) >= 11 is 1.71. The van der Waals surface area contributed by atoms with Crippen molar-refractivity contribution in [1.29, 1.82) is 0 Å². The molecule has 0 spiro atoms. The molecule has 3 rings (SSSR count). The van der Waals surface area contributed by atoms with Crippen LogP contribution in [-0.2, 0) is 6.54 Å². The van der Waals surface area contributed by atoms with Crippen LogP contribution in [0.5, 0.6) is 0 Å². The summed E-state index contributed by atoms with van der Waals surface area (Å²) in [6, 6.07) is 2.41. The Morgan fingerprint density at radius 1 is 1.56 bits per heavy atom. The third-order valence-corrected chi connectivity index (χ3v) is 3.85. The van der Waals surface area contributed by atoms with Gasteiger partial charge in [-0.3, -0.25) is 0 Å². The normalized spacial score (nSPS) is 17.6. The molecule has 2 heterocycles. The molecule has 3 nitrogen and oxygen atoms in total. The van der Waals surface area contributed by atoms with Crippen LogP contribution in [0.25, 0.3) is 11.3 Å². The number of aromatic nitrogens is 2. The Morgan fingerprint density at radius 3 is 3.12 bits per heavy atom. The van der Waals surface area contributed by atoms with Gasteiger partial charge in [-0.15, -0.1) is 0 Å². The van der Waals surface area contributed by atoms with Gasteiger partial charge in [-0.05, 0) is 30.2 Å². The number of thiophene rings is 1. The summed E-state index contributed by atoms with van der Waals surface area (Å²) in [5.74, 6) is 0.734. The molecule has 1 atom stereocenters. The maximum atomic E-state index is 6.15. The van der Waals surface area contributed by atoms with Crippen molar-refractivity contribution < 1.29 is 0 Å². The van der Waals surface area contributed by atoms with Crippen molar-refractivity contribution in [3.63, 3.8) is 0 Å². The Morgan fingerprint density at radius 2 is 2.44 bits per heavy atom. The topological polar surface area (TPSA) is 43.8 Å². The van der Waals surface area contributed by atoms with Crippen molar-refractivity contribution in [3.05, 3.63) is 29.4 Å². The van der Waals surface area contributed by atoms with Crippen LogP contribution >= 0.6 is 11.3 Å². The van der Waals surface area contributed by atoms with Crippen molar-refractivity contribution in [2.75, 3.05) is 0 Å². The first kappa shape index (κ1) is 10.1. The number of rotatable bonds is 4. The Balaban J connectivity index is 1.82. The molecule has 1 saturated carbocycles. The molecule has 2 N–H and O–H groups in total. The molecule has 0 bridgehead atoms. The number of hydrogen-bond donors (Lipinski definition) is 1. The Kier molecular flexibility index (Phi) is 2.53. The van der Waals surface area contributed by atoms with Gasteiger partial charge in [0, 0.05) is 23.5 Å². The minimum atomic E-state index is 0.284. The van der Waals surface area contributed by atoms with Crippen molar-refractivity contribution in [1.82, 2.24) is 9.55 Å². The maximum absolute atomic E-state index is 6.15. The standard InChI is InChI=1S/C12H15N3S/c13-11(9-1-2-9)6-15-8-14-5-12(15)10-3-4-16-7-10/h3-5,7-9,11H,1-2,6,13H2. The summed E-state index contributed by atoms with van der Waals surface area (Å²) in [7, 11) is 0. The molecule has 1 aliphatic carbocycles. The molecule has 0 aliphatic heterocycles. The highest BCUT2D eigenvalue weighted by atomic mass is 32.1. The first-order chi connectivity index (χ1) is 7.84. The van der Waals surface area contributed by atoms with Gasteiger partial charge >= 0.3 is 0 Å². The molecule has 0 amide bonds. The van der Waals surface area contributed by atoms with Crippen LogP contribution in [0, 0.1) is 5.92 Å². The van der Waals surface area contributed by atoms with Gasteiger partial charge in [-0.25, -0.2) is 4.98 Å². The van der Waals surface area contributed by atoms with Crippen molar-refractivity contribution in [2.45, 2.75) is 25.4 Å². The third kappa shape index (κ3) is 1.90. The average Bonchev–Trinajstić information content (AvgIpc) is 2.81. The third-order valence-electron chi connectivity index (χ3n) is 3.16. The average molecular weight is 233 g/mol. The van der Waals surface area contributed by atoms with Crippen molar-refractivity contribution >= 4 is 11.3 Å². The molecule has 0 radical (unpaired) electrons. The molecule has 0 aromatic carbocycles.